The highest BCUT2D eigenvalue weighted by atomic mass is 16.5. The van der Waals surface area contributed by atoms with Crippen LogP contribution in [0.1, 0.15) is 31.9 Å². The van der Waals surface area contributed by atoms with Gasteiger partial charge in [0.15, 0.2) is 18.1 Å². The molecule has 1 amide bonds. The quantitative estimate of drug-likeness (QED) is 0.681. The molecule has 0 fully saturated rings. The maximum atomic E-state index is 13.1. The van der Waals surface area contributed by atoms with E-state index in [1.165, 1.54) is 0 Å². The number of amides is 1. The summed E-state index contributed by atoms with van der Waals surface area (Å²) in [7, 11) is 0. The maximum absolute atomic E-state index is 13.1. The second kappa shape index (κ2) is 8.82. The lowest BCUT2D eigenvalue weighted by molar-refractivity contribution is -0.139. The Morgan fingerprint density at radius 1 is 1.14 bits per heavy atom. The minimum atomic E-state index is -1.06. The van der Waals surface area contributed by atoms with Gasteiger partial charge in [0.25, 0.3) is 5.91 Å². The third kappa shape index (κ3) is 4.59. The first-order valence-electron chi connectivity index (χ1n) is 9.65. The molecule has 0 saturated heterocycles. The maximum Gasteiger partial charge on any atom is 0.341 e. The molecule has 0 spiro atoms. The number of carbonyl (C=O) groups excluding carboxylic acids is 1. The molecule has 0 bridgehead atoms. The zero-order valence-electron chi connectivity index (χ0n) is 16.8. The molecule has 29 heavy (non-hydrogen) atoms. The van der Waals surface area contributed by atoms with Gasteiger partial charge in [0.2, 0.25) is 0 Å². The van der Waals surface area contributed by atoms with Crippen molar-refractivity contribution in [2.75, 3.05) is 24.7 Å². The van der Waals surface area contributed by atoms with Crippen LogP contribution in [0.4, 0.5) is 5.69 Å². The van der Waals surface area contributed by atoms with Crippen molar-refractivity contribution in [3.63, 3.8) is 0 Å². The Kier molecular flexibility index (Phi) is 6.22. The fourth-order valence-electron chi connectivity index (χ4n) is 3.30. The van der Waals surface area contributed by atoms with Crippen molar-refractivity contribution < 1.29 is 24.2 Å². The predicted molar refractivity (Wildman–Crippen MR) is 112 cm³/mol. The molecule has 0 unspecified atom stereocenters. The Labute approximate surface area is 170 Å². The van der Waals surface area contributed by atoms with E-state index < -0.39 is 12.6 Å². The lowest BCUT2D eigenvalue weighted by Crippen LogP contribution is -2.30. The van der Waals surface area contributed by atoms with E-state index in [4.69, 9.17) is 14.6 Å². The number of carbonyl (C=O) groups is 2. The molecule has 6 nitrogen and oxygen atoms in total. The van der Waals surface area contributed by atoms with Crippen LogP contribution in [-0.2, 0) is 9.59 Å². The van der Waals surface area contributed by atoms with Crippen molar-refractivity contribution in [2.24, 2.45) is 5.92 Å². The summed E-state index contributed by atoms with van der Waals surface area (Å²) in [6.07, 6.45) is 1.84. The van der Waals surface area contributed by atoms with E-state index in [0.717, 1.165) is 16.8 Å². The molecule has 0 radical (unpaired) electrons. The van der Waals surface area contributed by atoms with Crippen molar-refractivity contribution in [1.82, 2.24) is 0 Å². The number of benzene rings is 2. The average molecular weight is 395 g/mol. The average Bonchev–Trinajstić information content (AvgIpc) is 2.93. The van der Waals surface area contributed by atoms with Gasteiger partial charge in [-0.2, -0.15) is 0 Å². The Hall–Kier alpha value is -3.28. The van der Waals surface area contributed by atoms with E-state index in [1.807, 2.05) is 42.2 Å². The van der Waals surface area contributed by atoms with E-state index in [-0.39, 0.29) is 5.91 Å². The van der Waals surface area contributed by atoms with Crippen molar-refractivity contribution in [3.05, 3.63) is 53.6 Å². The number of aliphatic carboxylic acids is 1. The van der Waals surface area contributed by atoms with Gasteiger partial charge < -0.3 is 19.5 Å². The topological polar surface area (TPSA) is 76.1 Å². The molecular formula is C23H25NO5. The van der Waals surface area contributed by atoms with Crippen LogP contribution in [0.2, 0.25) is 0 Å². The summed E-state index contributed by atoms with van der Waals surface area (Å²) in [5.74, 6) is 0.0690. The Morgan fingerprint density at radius 2 is 1.90 bits per heavy atom. The number of hydrogen-bond acceptors (Lipinski definition) is 4. The molecule has 3 rings (SSSR count). The summed E-state index contributed by atoms with van der Waals surface area (Å²) in [6.45, 7) is 6.62. The summed E-state index contributed by atoms with van der Waals surface area (Å²) in [6, 6.07) is 13.0. The highest BCUT2D eigenvalue weighted by Gasteiger charge is 2.32. The number of nitrogens with zero attached hydrogens (tertiary/aromatic N) is 1. The van der Waals surface area contributed by atoms with Gasteiger partial charge >= 0.3 is 5.97 Å². The summed E-state index contributed by atoms with van der Waals surface area (Å²) in [4.78, 5) is 25.7. The molecule has 2 aromatic carbocycles. The smallest absolute Gasteiger partial charge is 0.341 e. The molecule has 152 valence electrons. The van der Waals surface area contributed by atoms with Crippen LogP contribution in [0.25, 0.3) is 11.6 Å². The van der Waals surface area contributed by atoms with E-state index in [2.05, 4.69) is 13.8 Å². The predicted octanol–water partition coefficient (Wildman–Crippen LogP) is 4.09. The Bertz CT molecular complexity index is 948. The number of carboxylic acid groups (broad SMARTS) is 1. The number of ether oxygens (including phenoxy) is 2. The number of anilines is 1. The molecule has 0 saturated carbocycles. The first-order valence-corrected chi connectivity index (χ1v) is 9.65. The van der Waals surface area contributed by atoms with Gasteiger partial charge in [-0.1, -0.05) is 38.1 Å². The molecule has 1 aliphatic heterocycles. The number of carboxylic acids is 1. The zero-order chi connectivity index (χ0) is 21.0. The van der Waals surface area contributed by atoms with Crippen molar-refractivity contribution in [2.45, 2.75) is 20.8 Å². The highest BCUT2D eigenvalue weighted by molar-refractivity contribution is 6.35. The van der Waals surface area contributed by atoms with Gasteiger partial charge in [0.1, 0.15) is 0 Å². The van der Waals surface area contributed by atoms with Crippen molar-refractivity contribution in [3.8, 4) is 11.5 Å². The van der Waals surface area contributed by atoms with Gasteiger partial charge in [0, 0.05) is 17.7 Å². The van der Waals surface area contributed by atoms with E-state index >= 15 is 0 Å². The van der Waals surface area contributed by atoms with Crippen LogP contribution in [0.15, 0.2) is 42.5 Å². The third-order valence-corrected chi connectivity index (χ3v) is 4.44. The molecular weight excluding hydrogens is 370 g/mol. The molecule has 0 aliphatic carbocycles. The molecule has 1 heterocycles. The first-order chi connectivity index (χ1) is 13.9. The molecule has 0 aromatic heterocycles. The molecule has 2 aromatic rings. The second-order valence-electron chi connectivity index (χ2n) is 7.21. The fourth-order valence-corrected chi connectivity index (χ4v) is 3.30. The van der Waals surface area contributed by atoms with E-state index in [1.54, 1.807) is 18.2 Å². The number of rotatable bonds is 8. The van der Waals surface area contributed by atoms with E-state index in [9.17, 15) is 9.59 Å². The van der Waals surface area contributed by atoms with Gasteiger partial charge in [-0.3, -0.25) is 4.79 Å². The number of hydrogen-bond donors (Lipinski definition) is 1. The Morgan fingerprint density at radius 3 is 2.59 bits per heavy atom. The summed E-state index contributed by atoms with van der Waals surface area (Å²) >= 11 is 0. The van der Waals surface area contributed by atoms with Crippen LogP contribution < -0.4 is 14.4 Å². The van der Waals surface area contributed by atoms with Gasteiger partial charge in [-0.05, 0) is 42.7 Å². The van der Waals surface area contributed by atoms with Crippen molar-refractivity contribution in [1.29, 1.82) is 0 Å². The van der Waals surface area contributed by atoms with Gasteiger partial charge in [0.05, 0.1) is 12.3 Å². The molecule has 1 N–H and O–H groups in total. The van der Waals surface area contributed by atoms with Gasteiger partial charge in [-0.25, -0.2) is 4.79 Å². The lowest BCUT2D eigenvalue weighted by atomic mass is 10.0. The number of fused-ring (bicyclic) bond motifs is 1. The van der Waals surface area contributed by atoms with Gasteiger partial charge in [-0.15, -0.1) is 0 Å². The normalized spacial score (nSPS) is 14.4. The van der Waals surface area contributed by atoms with Crippen LogP contribution >= 0.6 is 0 Å². The van der Waals surface area contributed by atoms with Crippen LogP contribution in [0.3, 0.4) is 0 Å². The summed E-state index contributed by atoms with van der Waals surface area (Å²) in [5.41, 5.74) is 3.23. The lowest BCUT2D eigenvalue weighted by Gasteiger charge is -2.19. The van der Waals surface area contributed by atoms with E-state index in [0.29, 0.717) is 36.1 Å². The third-order valence-electron chi connectivity index (χ3n) is 4.44. The van der Waals surface area contributed by atoms with Crippen LogP contribution in [0, 0.1) is 5.92 Å². The van der Waals surface area contributed by atoms with Crippen LogP contribution in [0.5, 0.6) is 11.5 Å². The highest BCUT2D eigenvalue weighted by Crippen LogP contribution is 2.39. The fraction of sp³-hybridized carbons (Fsp3) is 0.304. The molecule has 0 atom stereocenters. The second-order valence-corrected chi connectivity index (χ2v) is 7.21. The minimum Gasteiger partial charge on any atom is -0.490 e. The van der Waals surface area contributed by atoms with Crippen molar-refractivity contribution >= 4 is 29.2 Å². The monoisotopic (exact) mass is 395 g/mol. The Balaban J connectivity index is 1.97. The number of para-hydroxylation sites is 1. The zero-order valence-corrected chi connectivity index (χ0v) is 16.8. The molecule has 6 heteroatoms. The first kappa shape index (κ1) is 20.5. The minimum absolute atomic E-state index is 0.0240. The van der Waals surface area contributed by atoms with Crippen LogP contribution in [-0.4, -0.2) is 36.7 Å². The molecule has 1 aliphatic rings. The summed E-state index contributed by atoms with van der Waals surface area (Å²) in [5, 5.41) is 8.83. The SMILES string of the molecule is CCOc1cc(/C=C2\C(=O)N(CC(C)C)c3ccccc32)ccc1OCC(=O)O. The largest absolute Gasteiger partial charge is 0.490 e. The standard InChI is InChI=1S/C23H25NO5/c1-4-28-21-12-16(9-10-20(21)29-14-22(25)26)11-18-17-7-5-6-8-19(17)24(23(18)27)13-15(2)3/h5-12,15H,4,13-14H2,1-3H3,(H,25,26)/b18-11-. The summed E-state index contributed by atoms with van der Waals surface area (Å²) < 4.78 is 10.9.